The predicted octanol–water partition coefficient (Wildman–Crippen LogP) is 21.8. The van der Waals surface area contributed by atoms with Gasteiger partial charge in [-0.05, 0) is 43.4 Å². The van der Waals surface area contributed by atoms with Gasteiger partial charge < -0.3 is 33.8 Å². The highest BCUT2D eigenvalue weighted by Gasteiger charge is 2.30. The molecule has 0 rings (SSSR count). The van der Waals surface area contributed by atoms with Gasteiger partial charge in [-0.3, -0.25) is 37.3 Å². The van der Waals surface area contributed by atoms with Gasteiger partial charge in [-0.15, -0.1) is 0 Å². The van der Waals surface area contributed by atoms with Gasteiger partial charge in [0.15, 0.2) is 12.2 Å². The molecule has 0 spiro atoms. The highest BCUT2D eigenvalue weighted by molar-refractivity contribution is 7.47. The van der Waals surface area contributed by atoms with Crippen LogP contribution in [0, 0.1) is 17.8 Å². The molecule has 0 fully saturated rings. The molecule has 0 aliphatic rings. The second-order valence-electron chi connectivity index (χ2n) is 28.5. The Morgan fingerprint density at radius 2 is 0.489 bits per heavy atom. The quantitative estimate of drug-likeness (QED) is 0.0222. The van der Waals surface area contributed by atoms with Gasteiger partial charge in [0.2, 0.25) is 0 Å². The Morgan fingerprint density at radius 1 is 0.287 bits per heavy atom. The standard InChI is InChI=1S/C75H146O17P2/c1-8-9-10-11-12-13-14-22-28-37-44-51-58-74(79)92-71(63-86-73(78)57-50-43-36-31-30-34-41-48-55-68(6)7)65-90-94(83,84)88-61-69(76)60-87-93(81,82)89-64-70(62-85-72(77)56-49-42-35-27-24-19-21-26-33-40-47-54-67(4)5)91-75(80)59-52-45-38-29-23-18-16-15-17-20-25-32-39-46-53-66(2)3/h66-71,76H,8-65H2,1-7H3,(H,81,82)(H,83,84)/t69-,70-,71-/m1/s1. The Balaban J connectivity index is 5.25. The Morgan fingerprint density at radius 3 is 0.723 bits per heavy atom. The van der Waals surface area contributed by atoms with E-state index in [1.807, 2.05) is 0 Å². The molecular weight excluding hydrogens is 1230 g/mol. The highest BCUT2D eigenvalue weighted by Crippen LogP contribution is 2.45. The van der Waals surface area contributed by atoms with Crippen molar-refractivity contribution in [3.63, 3.8) is 0 Å². The Labute approximate surface area is 575 Å². The molecular formula is C75H146O17P2. The van der Waals surface area contributed by atoms with Crippen molar-refractivity contribution < 1.29 is 80.2 Å². The molecule has 0 aliphatic heterocycles. The van der Waals surface area contributed by atoms with Crippen molar-refractivity contribution in [1.82, 2.24) is 0 Å². The summed E-state index contributed by atoms with van der Waals surface area (Å²) in [5, 5.41) is 10.6. The summed E-state index contributed by atoms with van der Waals surface area (Å²) in [4.78, 5) is 72.8. The van der Waals surface area contributed by atoms with Gasteiger partial charge in [-0.2, -0.15) is 0 Å². The lowest BCUT2D eigenvalue weighted by Crippen LogP contribution is -2.30. The largest absolute Gasteiger partial charge is 0.472 e. The van der Waals surface area contributed by atoms with E-state index < -0.39 is 97.5 Å². The molecule has 3 N–H and O–H groups in total. The summed E-state index contributed by atoms with van der Waals surface area (Å²) >= 11 is 0. The SMILES string of the molecule is CCCCCCCCCCCCCCC(=O)O[C@H](COC(=O)CCCCCCCCCCC(C)C)COP(=O)(O)OC[C@H](O)COP(=O)(O)OC[C@@H](COC(=O)CCCCCCCCCCCCCC(C)C)OC(=O)CCCCCCCCCCCCCCCCC(C)C. The second kappa shape index (κ2) is 65.7. The summed E-state index contributed by atoms with van der Waals surface area (Å²) in [6.07, 6.45) is 51.2. The molecule has 17 nitrogen and oxygen atoms in total. The molecule has 0 heterocycles. The van der Waals surface area contributed by atoms with E-state index in [0.29, 0.717) is 25.7 Å². The number of rotatable bonds is 73. The fraction of sp³-hybridized carbons (Fsp3) is 0.947. The topological polar surface area (TPSA) is 237 Å². The van der Waals surface area contributed by atoms with Gasteiger partial charge in [0.25, 0.3) is 0 Å². The van der Waals surface area contributed by atoms with Crippen molar-refractivity contribution in [1.29, 1.82) is 0 Å². The summed E-state index contributed by atoms with van der Waals surface area (Å²) in [7, 11) is -9.91. The van der Waals surface area contributed by atoms with Crippen molar-refractivity contribution in [3.8, 4) is 0 Å². The van der Waals surface area contributed by atoms with Gasteiger partial charge in [0, 0.05) is 25.7 Å². The van der Waals surface area contributed by atoms with Crippen molar-refractivity contribution in [2.24, 2.45) is 17.8 Å². The van der Waals surface area contributed by atoms with Crippen LogP contribution in [0.15, 0.2) is 0 Å². The first-order chi connectivity index (χ1) is 45.2. The zero-order chi connectivity index (χ0) is 69.4. The molecule has 0 radical (unpaired) electrons. The predicted molar refractivity (Wildman–Crippen MR) is 381 cm³/mol. The number of ether oxygens (including phenoxy) is 4. The minimum Gasteiger partial charge on any atom is -0.462 e. The van der Waals surface area contributed by atoms with Crippen LogP contribution in [0.4, 0.5) is 0 Å². The molecule has 0 aromatic carbocycles. The summed E-state index contributed by atoms with van der Waals surface area (Å²) < 4.78 is 68.5. The molecule has 19 heteroatoms. The molecule has 0 saturated carbocycles. The Hall–Kier alpha value is -1.94. The molecule has 0 amide bonds. The van der Waals surface area contributed by atoms with Crippen LogP contribution in [-0.2, 0) is 65.4 Å². The molecule has 0 bridgehead atoms. The maximum Gasteiger partial charge on any atom is 0.472 e. The average molecular weight is 1380 g/mol. The van der Waals surface area contributed by atoms with Gasteiger partial charge in [-0.1, -0.05) is 331 Å². The number of esters is 4. The van der Waals surface area contributed by atoms with Crippen LogP contribution in [0.2, 0.25) is 0 Å². The molecule has 0 aromatic heterocycles. The number of phosphoric acid groups is 2. The van der Waals surface area contributed by atoms with Gasteiger partial charge in [-0.25, -0.2) is 9.13 Å². The molecule has 2 unspecified atom stereocenters. The smallest absolute Gasteiger partial charge is 0.462 e. The van der Waals surface area contributed by atoms with Crippen LogP contribution in [0.3, 0.4) is 0 Å². The minimum atomic E-state index is -4.96. The fourth-order valence-electron chi connectivity index (χ4n) is 11.4. The van der Waals surface area contributed by atoms with E-state index in [0.717, 1.165) is 108 Å². The normalized spacial score (nSPS) is 14.1. The van der Waals surface area contributed by atoms with E-state index >= 15 is 0 Å². The highest BCUT2D eigenvalue weighted by atomic mass is 31.2. The maximum absolute atomic E-state index is 13.1. The van der Waals surface area contributed by atoms with Crippen LogP contribution in [0.25, 0.3) is 0 Å². The number of hydrogen-bond donors (Lipinski definition) is 3. The van der Waals surface area contributed by atoms with E-state index in [4.69, 9.17) is 37.0 Å². The summed E-state index contributed by atoms with van der Waals surface area (Å²) in [6.45, 7) is 11.9. The molecule has 0 aromatic rings. The van der Waals surface area contributed by atoms with Crippen molar-refractivity contribution in [2.75, 3.05) is 39.6 Å². The number of carbonyl (C=O) groups excluding carboxylic acids is 4. The number of phosphoric ester groups is 2. The van der Waals surface area contributed by atoms with Gasteiger partial charge in [0.05, 0.1) is 26.4 Å². The van der Waals surface area contributed by atoms with E-state index in [1.54, 1.807) is 0 Å². The monoisotopic (exact) mass is 1380 g/mol. The molecule has 558 valence electrons. The van der Waals surface area contributed by atoms with Crippen molar-refractivity contribution in [2.45, 2.75) is 401 Å². The Kier molecular flexibility index (Phi) is 64.3. The third-order valence-electron chi connectivity index (χ3n) is 17.4. The summed E-state index contributed by atoms with van der Waals surface area (Å²) in [5.41, 5.74) is 0. The van der Waals surface area contributed by atoms with Crippen LogP contribution < -0.4 is 0 Å². The lowest BCUT2D eigenvalue weighted by Gasteiger charge is -2.21. The number of carbonyl (C=O) groups is 4. The first-order valence-electron chi connectivity index (χ1n) is 38.8. The average Bonchev–Trinajstić information content (AvgIpc) is 3.19. The van der Waals surface area contributed by atoms with Crippen molar-refractivity contribution in [3.05, 3.63) is 0 Å². The van der Waals surface area contributed by atoms with E-state index in [9.17, 15) is 43.2 Å². The number of unbranched alkanes of at least 4 members (excludes halogenated alkanes) is 41. The molecule has 94 heavy (non-hydrogen) atoms. The third kappa shape index (κ3) is 68.6. The number of aliphatic hydroxyl groups excluding tert-OH is 1. The van der Waals surface area contributed by atoms with Crippen LogP contribution in [0.1, 0.15) is 382 Å². The zero-order valence-electron chi connectivity index (χ0n) is 61.4. The first-order valence-corrected chi connectivity index (χ1v) is 41.8. The number of aliphatic hydroxyl groups is 1. The third-order valence-corrected chi connectivity index (χ3v) is 19.3. The molecule has 0 aliphatic carbocycles. The fourth-order valence-corrected chi connectivity index (χ4v) is 13.0. The van der Waals surface area contributed by atoms with Crippen LogP contribution in [0.5, 0.6) is 0 Å². The lowest BCUT2D eigenvalue weighted by atomic mass is 10.0. The maximum atomic E-state index is 13.1. The van der Waals surface area contributed by atoms with Crippen LogP contribution >= 0.6 is 15.6 Å². The van der Waals surface area contributed by atoms with Crippen molar-refractivity contribution >= 4 is 39.5 Å². The second-order valence-corrected chi connectivity index (χ2v) is 31.4. The zero-order valence-corrected chi connectivity index (χ0v) is 63.2. The van der Waals surface area contributed by atoms with Gasteiger partial charge >= 0.3 is 39.5 Å². The summed E-state index contributed by atoms with van der Waals surface area (Å²) in [6, 6.07) is 0. The van der Waals surface area contributed by atoms with Gasteiger partial charge in [0.1, 0.15) is 19.3 Å². The lowest BCUT2D eigenvalue weighted by molar-refractivity contribution is -0.161. The molecule has 5 atom stereocenters. The Bertz CT molecular complexity index is 1840. The van der Waals surface area contributed by atoms with E-state index in [1.165, 1.54) is 193 Å². The van der Waals surface area contributed by atoms with Crippen LogP contribution in [-0.4, -0.2) is 96.7 Å². The number of hydrogen-bond acceptors (Lipinski definition) is 15. The molecule has 0 saturated heterocycles. The summed E-state index contributed by atoms with van der Waals surface area (Å²) in [5.74, 6) is 0.175. The van der Waals surface area contributed by atoms with E-state index in [2.05, 4.69) is 48.5 Å². The minimum absolute atomic E-state index is 0.107. The van der Waals surface area contributed by atoms with E-state index in [-0.39, 0.29) is 25.7 Å². The first kappa shape index (κ1) is 92.1.